The van der Waals surface area contributed by atoms with Crippen LogP contribution in [-0.2, 0) is 6.42 Å². The van der Waals surface area contributed by atoms with Gasteiger partial charge in [0, 0.05) is 43.4 Å². The van der Waals surface area contributed by atoms with Crippen molar-refractivity contribution in [1.29, 1.82) is 0 Å². The second kappa shape index (κ2) is 4.56. The molecule has 3 rings (SSSR count). The molecule has 5 heteroatoms. The molecule has 2 heterocycles. The molecule has 92 valence electrons. The number of fused-ring (bicyclic) bond motifs is 1. The number of hydrogen-bond donors (Lipinski definition) is 1. The third-order valence-electron chi connectivity index (χ3n) is 3.69. The molecule has 4 nitrogen and oxygen atoms in total. The monoisotopic (exact) mass is 236 g/mol. The fraction of sp³-hybridized carbons (Fsp3) is 0.667. The van der Waals surface area contributed by atoms with Crippen LogP contribution in [0.3, 0.4) is 0 Å². The minimum absolute atomic E-state index is 0.0103. The lowest BCUT2D eigenvalue weighted by Crippen LogP contribution is -2.44. The van der Waals surface area contributed by atoms with Gasteiger partial charge < -0.3 is 10.2 Å². The molecule has 2 aliphatic rings. The summed E-state index contributed by atoms with van der Waals surface area (Å²) in [7, 11) is 0. The van der Waals surface area contributed by atoms with Gasteiger partial charge in [0.2, 0.25) is 0 Å². The van der Waals surface area contributed by atoms with Crippen molar-refractivity contribution in [2.45, 2.75) is 18.8 Å². The Hall–Kier alpha value is -1.23. The van der Waals surface area contributed by atoms with Crippen molar-refractivity contribution in [2.24, 2.45) is 0 Å². The number of nitrogens with zero attached hydrogens (tertiary/aromatic N) is 3. The van der Waals surface area contributed by atoms with Crippen LogP contribution in [0, 0.1) is 0 Å². The molecule has 1 saturated heterocycles. The molecule has 0 bridgehead atoms. The minimum atomic E-state index is -0.292. The van der Waals surface area contributed by atoms with Crippen molar-refractivity contribution in [1.82, 2.24) is 15.3 Å². The first-order chi connectivity index (χ1) is 8.40. The van der Waals surface area contributed by atoms with Gasteiger partial charge in [-0.25, -0.2) is 9.97 Å². The molecule has 1 aromatic rings. The third-order valence-corrected chi connectivity index (χ3v) is 3.69. The van der Waals surface area contributed by atoms with Crippen LogP contribution in [0.4, 0.5) is 10.2 Å². The lowest BCUT2D eigenvalue weighted by molar-refractivity contribution is 0.428. The number of halogens is 1. The Morgan fingerprint density at radius 1 is 1.35 bits per heavy atom. The van der Waals surface area contributed by atoms with E-state index in [4.69, 9.17) is 0 Å². The Labute approximate surface area is 100 Å². The van der Waals surface area contributed by atoms with Gasteiger partial charge in [-0.15, -0.1) is 0 Å². The van der Waals surface area contributed by atoms with Crippen molar-refractivity contribution >= 4 is 5.82 Å². The summed E-state index contributed by atoms with van der Waals surface area (Å²) in [6.45, 7) is 3.54. The van der Waals surface area contributed by atoms with Crippen LogP contribution >= 0.6 is 0 Å². The zero-order valence-corrected chi connectivity index (χ0v) is 9.82. The maximum atomic E-state index is 13.0. The summed E-state index contributed by atoms with van der Waals surface area (Å²) >= 11 is 0. The van der Waals surface area contributed by atoms with Gasteiger partial charge in [-0.05, 0) is 12.8 Å². The van der Waals surface area contributed by atoms with E-state index in [1.54, 1.807) is 6.33 Å². The third kappa shape index (κ3) is 1.88. The highest BCUT2D eigenvalue weighted by Crippen LogP contribution is 2.37. The van der Waals surface area contributed by atoms with Gasteiger partial charge in [0.1, 0.15) is 12.1 Å². The molecule has 1 N–H and O–H groups in total. The average Bonchev–Trinajstić information content (AvgIpc) is 2.82. The predicted molar refractivity (Wildman–Crippen MR) is 64.2 cm³/mol. The van der Waals surface area contributed by atoms with Gasteiger partial charge >= 0.3 is 0 Å². The van der Waals surface area contributed by atoms with E-state index in [-0.39, 0.29) is 12.6 Å². The number of nitrogens with one attached hydrogen (secondary N) is 1. The Morgan fingerprint density at radius 2 is 2.18 bits per heavy atom. The second-order valence-electron chi connectivity index (χ2n) is 4.68. The number of hydrogen-bond acceptors (Lipinski definition) is 4. The van der Waals surface area contributed by atoms with Gasteiger partial charge in [-0.2, -0.15) is 0 Å². The lowest BCUT2D eigenvalue weighted by atomic mass is 10.0. The Balaban J connectivity index is 1.96. The van der Waals surface area contributed by atoms with E-state index in [2.05, 4.69) is 20.2 Å². The quantitative estimate of drug-likeness (QED) is 0.828. The first-order valence-corrected chi connectivity index (χ1v) is 6.25. The molecule has 0 amide bonds. The Bertz CT molecular complexity index is 403. The van der Waals surface area contributed by atoms with Crippen LogP contribution in [0.15, 0.2) is 6.33 Å². The largest absolute Gasteiger partial charge is 0.354 e. The number of rotatable bonds is 2. The fourth-order valence-electron chi connectivity index (χ4n) is 2.78. The zero-order valence-electron chi connectivity index (χ0n) is 9.82. The molecule has 1 aliphatic heterocycles. The smallest absolute Gasteiger partial charge is 0.135 e. The SMILES string of the molecule is FC[C@@H]1CCc2ncnc(N3CCNCC3)c21. The molecule has 0 saturated carbocycles. The highest BCUT2D eigenvalue weighted by Gasteiger charge is 2.29. The number of anilines is 1. The van der Waals surface area contributed by atoms with E-state index in [0.29, 0.717) is 0 Å². The van der Waals surface area contributed by atoms with Crippen LogP contribution in [-0.4, -0.2) is 42.8 Å². The Morgan fingerprint density at radius 3 is 2.94 bits per heavy atom. The van der Waals surface area contributed by atoms with Gasteiger partial charge in [-0.1, -0.05) is 0 Å². The summed E-state index contributed by atoms with van der Waals surface area (Å²) in [5.74, 6) is 0.979. The van der Waals surface area contributed by atoms with E-state index < -0.39 is 0 Å². The number of piperazine rings is 1. The molecular formula is C12H17FN4. The number of aromatic nitrogens is 2. The van der Waals surface area contributed by atoms with Gasteiger partial charge in [0.25, 0.3) is 0 Å². The van der Waals surface area contributed by atoms with E-state index in [0.717, 1.165) is 56.1 Å². The lowest BCUT2D eigenvalue weighted by Gasteiger charge is -2.30. The fourth-order valence-corrected chi connectivity index (χ4v) is 2.78. The first-order valence-electron chi connectivity index (χ1n) is 6.25. The molecule has 1 aliphatic carbocycles. The van der Waals surface area contributed by atoms with E-state index in [9.17, 15) is 4.39 Å². The Kier molecular flexibility index (Phi) is 2.93. The summed E-state index contributed by atoms with van der Waals surface area (Å²) < 4.78 is 13.0. The average molecular weight is 236 g/mol. The van der Waals surface area contributed by atoms with Crippen LogP contribution < -0.4 is 10.2 Å². The topological polar surface area (TPSA) is 41.1 Å². The molecule has 1 fully saturated rings. The maximum absolute atomic E-state index is 13.0. The standard InChI is InChI=1S/C12H17FN4/c13-7-9-1-2-10-11(9)12(16-8-15-10)17-5-3-14-4-6-17/h8-9,14H,1-7H2/t9-/m0/s1. The minimum Gasteiger partial charge on any atom is -0.354 e. The van der Waals surface area contributed by atoms with Crippen molar-refractivity contribution in [2.75, 3.05) is 37.8 Å². The van der Waals surface area contributed by atoms with Crippen LogP contribution in [0.1, 0.15) is 23.6 Å². The normalized spacial score (nSPS) is 23.8. The maximum Gasteiger partial charge on any atom is 0.135 e. The second-order valence-corrected chi connectivity index (χ2v) is 4.68. The number of alkyl halides is 1. The van der Waals surface area contributed by atoms with Crippen molar-refractivity contribution in [3.8, 4) is 0 Å². The molecule has 0 spiro atoms. The molecule has 0 aromatic carbocycles. The van der Waals surface area contributed by atoms with Crippen molar-refractivity contribution in [3.63, 3.8) is 0 Å². The van der Waals surface area contributed by atoms with E-state index >= 15 is 0 Å². The first kappa shape index (κ1) is 10.9. The van der Waals surface area contributed by atoms with Crippen LogP contribution in [0.5, 0.6) is 0 Å². The molecule has 1 atom stereocenters. The predicted octanol–water partition coefficient (Wildman–Crippen LogP) is 0.885. The van der Waals surface area contributed by atoms with Crippen molar-refractivity contribution < 1.29 is 4.39 Å². The summed E-state index contributed by atoms with van der Waals surface area (Å²) in [5.41, 5.74) is 2.12. The van der Waals surface area contributed by atoms with Crippen LogP contribution in [0.2, 0.25) is 0 Å². The highest BCUT2D eigenvalue weighted by molar-refractivity contribution is 5.53. The van der Waals surface area contributed by atoms with Gasteiger partial charge in [-0.3, -0.25) is 4.39 Å². The zero-order chi connectivity index (χ0) is 11.7. The molecule has 0 radical (unpaired) electrons. The molecular weight excluding hydrogens is 219 g/mol. The summed E-state index contributed by atoms with van der Waals surface area (Å²) in [6, 6.07) is 0. The number of aryl methyl sites for hydroxylation is 1. The van der Waals surface area contributed by atoms with Crippen LogP contribution in [0.25, 0.3) is 0 Å². The molecule has 0 unspecified atom stereocenters. The summed E-state index contributed by atoms with van der Waals surface area (Å²) in [4.78, 5) is 10.9. The molecule has 17 heavy (non-hydrogen) atoms. The molecule has 1 aromatic heterocycles. The van der Waals surface area contributed by atoms with E-state index in [1.807, 2.05) is 0 Å². The van der Waals surface area contributed by atoms with E-state index in [1.165, 1.54) is 0 Å². The van der Waals surface area contributed by atoms with Gasteiger partial charge in [0.15, 0.2) is 0 Å². The highest BCUT2D eigenvalue weighted by atomic mass is 19.1. The summed E-state index contributed by atoms with van der Waals surface area (Å²) in [6.07, 6.45) is 3.39. The van der Waals surface area contributed by atoms with Crippen molar-refractivity contribution in [3.05, 3.63) is 17.6 Å². The van der Waals surface area contributed by atoms with Gasteiger partial charge in [0.05, 0.1) is 6.67 Å². The summed E-state index contributed by atoms with van der Waals surface area (Å²) in [5, 5.41) is 3.32.